The number of nitrogens with two attached hydrogens (primary N) is 1. The van der Waals surface area contributed by atoms with Crippen LogP contribution >= 0.6 is 0 Å². The molecule has 0 bridgehead atoms. The van der Waals surface area contributed by atoms with Crippen molar-refractivity contribution >= 4 is 5.91 Å². The topological polar surface area (TPSA) is 64.3 Å². The molecule has 1 rings (SSSR count). The van der Waals surface area contributed by atoms with Gasteiger partial charge in [-0.2, -0.15) is 0 Å². The molecule has 0 heterocycles. The van der Waals surface area contributed by atoms with Gasteiger partial charge in [0, 0.05) is 17.6 Å². The minimum absolute atomic E-state index is 0.112. The van der Waals surface area contributed by atoms with E-state index in [9.17, 15) is 4.79 Å². The second kappa shape index (κ2) is 6.57. The van der Waals surface area contributed by atoms with Crippen LogP contribution in [0.15, 0.2) is 24.3 Å². The number of hydrogen-bond donors (Lipinski definition) is 2. The Hall–Kier alpha value is -1.55. The predicted octanol–water partition coefficient (Wildman–Crippen LogP) is 2.22. The Bertz CT molecular complexity index is 430. The summed E-state index contributed by atoms with van der Waals surface area (Å²) in [5, 5.41) is 2.97. The molecule has 19 heavy (non-hydrogen) atoms. The van der Waals surface area contributed by atoms with Crippen molar-refractivity contribution in [1.82, 2.24) is 5.32 Å². The van der Waals surface area contributed by atoms with Gasteiger partial charge in [0.15, 0.2) is 6.10 Å². The van der Waals surface area contributed by atoms with Crippen LogP contribution in [0.4, 0.5) is 0 Å². The van der Waals surface area contributed by atoms with Gasteiger partial charge in [0.05, 0.1) is 0 Å². The van der Waals surface area contributed by atoms with Crippen molar-refractivity contribution in [2.75, 3.05) is 0 Å². The summed E-state index contributed by atoms with van der Waals surface area (Å²) in [5.74, 6) is 0.556. The van der Waals surface area contributed by atoms with Gasteiger partial charge in [0.25, 0.3) is 5.91 Å². The number of amides is 1. The Morgan fingerprint density at radius 1 is 1.42 bits per heavy atom. The second-order valence-electron chi connectivity index (χ2n) is 5.30. The average molecular weight is 264 g/mol. The first-order chi connectivity index (χ1) is 8.89. The van der Waals surface area contributed by atoms with E-state index in [1.54, 1.807) is 6.92 Å². The maximum atomic E-state index is 12.1. The number of para-hydroxylation sites is 1. The normalized spacial score (nSPS) is 12.9. The van der Waals surface area contributed by atoms with Crippen LogP contribution < -0.4 is 15.8 Å². The standard InChI is InChI=1S/C15H24N2O2/c1-5-15(3,4)17-14(18)11(2)19-13-9-7-6-8-12(13)10-16/h6-9,11H,5,10,16H2,1-4H3,(H,17,18). The molecule has 0 saturated heterocycles. The van der Waals surface area contributed by atoms with Crippen LogP contribution in [0.25, 0.3) is 0 Å². The lowest BCUT2D eigenvalue weighted by atomic mass is 10.0. The molecule has 1 unspecified atom stereocenters. The van der Waals surface area contributed by atoms with Gasteiger partial charge >= 0.3 is 0 Å². The van der Waals surface area contributed by atoms with Crippen LogP contribution in [0, 0.1) is 0 Å². The van der Waals surface area contributed by atoms with Gasteiger partial charge in [0.2, 0.25) is 0 Å². The maximum absolute atomic E-state index is 12.1. The molecular weight excluding hydrogens is 240 g/mol. The zero-order valence-corrected chi connectivity index (χ0v) is 12.2. The lowest BCUT2D eigenvalue weighted by Gasteiger charge is -2.27. The predicted molar refractivity (Wildman–Crippen MR) is 76.9 cm³/mol. The monoisotopic (exact) mass is 264 g/mol. The zero-order valence-electron chi connectivity index (χ0n) is 12.2. The molecule has 0 aliphatic rings. The Kier molecular flexibility index (Phi) is 5.36. The summed E-state index contributed by atoms with van der Waals surface area (Å²) in [6.07, 6.45) is 0.323. The lowest BCUT2D eigenvalue weighted by molar-refractivity contribution is -0.129. The van der Waals surface area contributed by atoms with Crippen molar-refractivity contribution in [2.45, 2.75) is 52.3 Å². The molecule has 1 atom stereocenters. The summed E-state index contributed by atoms with van der Waals surface area (Å²) >= 11 is 0. The summed E-state index contributed by atoms with van der Waals surface area (Å²) < 4.78 is 5.70. The quantitative estimate of drug-likeness (QED) is 0.828. The maximum Gasteiger partial charge on any atom is 0.261 e. The highest BCUT2D eigenvalue weighted by Crippen LogP contribution is 2.19. The van der Waals surface area contributed by atoms with Crippen molar-refractivity contribution in [1.29, 1.82) is 0 Å². The van der Waals surface area contributed by atoms with Crippen LogP contribution in [0.1, 0.15) is 39.7 Å². The Balaban J connectivity index is 2.69. The summed E-state index contributed by atoms with van der Waals surface area (Å²) in [6.45, 7) is 8.16. The van der Waals surface area contributed by atoms with Crippen molar-refractivity contribution in [3.8, 4) is 5.75 Å². The fourth-order valence-corrected chi connectivity index (χ4v) is 1.55. The molecule has 3 N–H and O–H groups in total. The van der Waals surface area contributed by atoms with E-state index in [4.69, 9.17) is 10.5 Å². The van der Waals surface area contributed by atoms with Gasteiger partial charge in [0.1, 0.15) is 5.75 Å². The lowest BCUT2D eigenvalue weighted by Crippen LogP contribution is -2.48. The van der Waals surface area contributed by atoms with E-state index < -0.39 is 6.10 Å². The molecule has 0 radical (unpaired) electrons. The number of nitrogens with one attached hydrogen (secondary N) is 1. The van der Waals surface area contributed by atoms with Crippen molar-refractivity contribution in [2.24, 2.45) is 5.73 Å². The van der Waals surface area contributed by atoms with E-state index in [0.29, 0.717) is 12.3 Å². The van der Waals surface area contributed by atoms with E-state index in [1.165, 1.54) is 0 Å². The van der Waals surface area contributed by atoms with Crippen LogP contribution in [-0.2, 0) is 11.3 Å². The molecule has 4 nitrogen and oxygen atoms in total. The third-order valence-electron chi connectivity index (χ3n) is 3.21. The van der Waals surface area contributed by atoms with Crippen molar-refractivity contribution in [3.63, 3.8) is 0 Å². The first kappa shape index (κ1) is 15.5. The number of carbonyl (C=O) groups excluding carboxylic acids is 1. The molecular formula is C15H24N2O2. The van der Waals surface area contributed by atoms with Crippen LogP contribution in [0.5, 0.6) is 5.75 Å². The third kappa shape index (κ3) is 4.56. The van der Waals surface area contributed by atoms with Crippen molar-refractivity contribution in [3.05, 3.63) is 29.8 Å². The largest absolute Gasteiger partial charge is 0.481 e. The zero-order chi connectivity index (χ0) is 14.5. The number of ether oxygens (including phenoxy) is 1. The van der Waals surface area contributed by atoms with E-state index in [1.807, 2.05) is 45.0 Å². The van der Waals surface area contributed by atoms with Crippen LogP contribution in [0.2, 0.25) is 0 Å². The molecule has 0 fully saturated rings. The minimum Gasteiger partial charge on any atom is -0.481 e. The smallest absolute Gasteiger partial charge is 0.261 e. The molecule has 0 spiro atoms. The Labute approximate surface area is 115 Å². The molecule has 0 aromatic heterocycles. The molecule has 0 aliphatic heterocycles. The molecule has 1 amide bonds. The number of rotatable bonds is 6. The molecule has 1 aromatic carbocycles. The SMILES string of the molecule is CCC(C)(C)NC(=O)C(C)Oc1ccccc1CN. The van der Waals surface area contributed by atoms with Gasteiger partial charge in [-0.15, -0.1) is 0 Å². The Morgan fingerprint density at radius 2 is 2.05 bits per heavy atom. The Morgan fingerprint density at radius 3 is 2.63 bits per heavy atom. The van der Waals surface area contributed by atoms with E-state index in [-0.39, 0.29) is 11.4 Å². The highest BCUT2D eigenvalue weighted by molar-refractivity contribution is 5.81. The first-order valence-electron chi connectivity index (χ1n) is 6.66. The summed E-state index contributed by atoms with van der Waals surface area (Å²) in [4.78, 5) is 12.1. The molecule has 0 saturated carbocycles. The highest BCUT2D eigenvalue weighted by atomic mass is 16.5. The van der Waals surface area contributed by atoms with Gasteiger partial charge in [-0.1, -0.05) is 25.1 Å². The van der Waals surface area contributed by atoms with Gasteiger partial charge in [-0.05, 0) is 33.3 Å². The second-order valence-corrected chi connectivity index (χ2v) is 5.30. The summed E-state index contributed by atoms with van der Waals surface area (Å²) in [7, 11) is 0. The van der Waals surface area contributed by atoms with E-state index in [0.717, 1.165) is 12.0 Å². The van der Waals surface area contributed by atoms with Crippen LogP contribution in [-0.4, -0.2) is 17.6 Å². The molecule has 106 valence electrons. The van der Waals surface area contributed by atoms with Crippen molar-refractivity contribution < 1.29 is 9.53 Å². The van der Waals surface area contributed by atoms with E-state index >= 15 is 0 Å². The van der Waals surface area contributed by atoms with Gasteiger partial charge in [-0.25, -0.2) is 0 Å². The fourth-order valence-electron chi connectivity index (χ4n) is 1.55. The average Bonchev–Trinajstić information content (AvgIpc) is 2.38. The highest BCUT2D eigenvalue weighted by Gasteiger charge is 2.23. The van der Waals surface area contributed by atoms with Gasteiger partial charge in [-0.3, -0.25) is 4.79 Å². The molecule has 0 aliphatic carbocycles. The summed E-state index contributed by atoms with van der Waals surface area (Å²) in [5.41, 5.74) is 6.32. The minimum atomic E-state index is -0.543. The number of hydrogen-bond acceptors (Lipinski definition) is 3. The molecule has 1 aromatic rings. The first-order valence-corrected chi connectivity index (χ1v) is 6.66. The van der Waals surface area contributed by atoms with Gasteiger partial charge < -0.3 is 15.8 Å². The fraction of sp³-hybridized carbons (Fsp3) is 0.533. The number of carbonyl (C=O) groups is 1. The van der Waals surface area contributed by atoms with Crippen LogP contribution in [0.3, 0.4) is 0 Å². The third-order valence-corrected chi connectivity index (χ3v) is 3.21. The summed E-state index contributed by atoms with van der Waals surface area (Å²) in [6, 6.07) is 7.50. The van der Waals surface area contributed by atoms with E-state index in [2.05, 4.69) is 5.32 Å². The molecule has 4 heteroatoms. The number of benzene rings is 1.